The van der Waals surface area contributed by atoms with Crippen LogP contribution in [0, 0.1) is 0 Å². The van der Waals surface area contributed by atoms with Gasteiger partial charge >= 0.3 is 10.3 Å². The van der Waals surface area contributed by atoms with Crippen molar-refractivity contribution in [2.24, 2.45) is 5.14 Å². The van der Waals surface area contributed by atoms with Gasteiger partial charge in [0.05, 0.1) is 5.52 Å². The zero-order valence-corrected chi connectivity index (χ0v) is 11.1. The van der Waals surface area contributed by atoms with Gasteiger partial charge in [0.15, 0.2) is 0 Å². The van der Waals surface area contributed by atoms with Crippen LogP contribution in [0.1, 0.15) is 12.6 Å². The molecule has 3 atom stereocenters. The minimum atomic E-state index is -4.18. The van der Waals surface area contributed by atoms with Crippen LogP contribution in [-0.4, -0.2) is 35.5 Å². The Kier molecular flexibility index (Phi) is 3.22. The third-order valence-corrected chi connectivity index (χ3v) is 3.57. The molecule has 1 fully saturated rings. The number of rotatable bonds is 3. The third kappa shape index (κ3) is 2.53. The van der Waals surface area contributed by atoms with Gasteiger partial charge < -0.3 is 14.4 Å². The minimum absolute atomic E-state index is 0.201. The fourth-order valence-corrected chi connectivity index (χ4v) is 2.71. The van der Waals surface area contributed by atoms with Crippen LogP contribution in [0.3, 0.4) is 0 Å². The lowest BCUT2D eigenvalue weighted by Gasteiger charge is -2.15. The highest BCUT2D eigenvalue weighted by atomic mass is 32.2. The van der Waals surface area contributed by atoms with Crippen molar-refractivity contribution >= 4 is 21.2 Å². The summed E-state index contributed by atoms with van der Waals surface area (Å²) in [7, 11) is -4.18. The number of aromatic nitrogens is 2. The standard InChI is InChI=1S/C11H13N3O5S/c12-20(16,17)19-11-9(15)5-10(18-11)14-4-2-7-6-13-3-1-8(7)14/h1-4,6,9-11,15H,5H2,(H2,12,16,17)/t9-,10+,11?/m0/s1. The molecule has 1 unspecified atom stereocenters. The molecule has 8 nitrogen and oxygen atoms in total. The van der Waals surface area contributed by atoms with E-state index in [0.29, 0.717) is 0 Å². The van der Waals surface area contributed by atoms with Crippen LogP contribution in [0.5, 0.6) is 0 Å². The molecule has 0 aromatic carbocycles. The summed E-state index contributed by atoms with van der Waals surface area (Å²) in [6.07, 6.45) is 2.43. The van der Waals surface area contributed by atoms with E-state index in [9.17, 15) is 13.5 Å². The summed E-state index contributed by atoms with van der Waals surface area (Å²) in [5.74, 6) is 0. The van der Waals surface area contributed by atoms with Crippen molar-refractivity contribution in [3.8, 4) is 0 Å². The van der Waals surface area contributed by atoms with E-state index in [1.54, 1.807) is 29.2 Å². The van der Waals surface area contributed by atoms with E-state index >= 15 is 0 Å². The maximum atomic E-state index is 10.9. The molecule has 108 valence electrons. The Bertz CT molecular complexity index is 728. The molecule has 0 spiro atoms. The molecule has 2 aromatic heterocycles. The lowest BCUT2D eigenvalue weighted by atomic mass is 10.2. The molecule has 2 aromatic rings. The maximum absolute atomic E-state index is 10.9. The SMILES string of the molecule is NS(=O)(=O)OC1O[C@@H](n2ccc3cnccc32)C[C@@H]1O. The molecule has 1 aliphatic rings. The molecule has 0 saturated carbocycles. The summed E-state index contributed by atoms with van der Waals surface area (Å²) in [6.45, 7) is 0. The molecule has 9 heteroatoms. The molecule has 0 amide bonds. The summed E-state index contributed by atoms with van der Waals surface area (Å²) in [5, 5.41) is 15.5. The first-order chi connectivity index (χ1) is 9.44. The van der Waals surface area contributed by atoms with Crippen LogP contribution in [0.25, 0.3) is 10.9 Å². The van der Waals surface area contributed by atoms with Gasteiger partial charge in [0.25, 0.3) is 0 Å². The molecule has 0 aliphatic carbocycles. The molecule has 1 saturated heterocycles. The van der Waals surface area contributed by atoms with E-state index in [1.807, 2.05) is 6.07 Å². The van der Waals surface area contributed by atoms with Crippen LogP contribution in [0.15, 0.2) is 30.7 Å². The maximum Gasteiger partial charge on any atom is 0.335 e. The number of fused-ring (bicyclic) bond motifs is 1. The first-order valence-electron chi connectivity index (χ1n) is 5.89. The summed E-state index contributed by atoms with van der Waals surface area (Å²) in [4.78, 5) is 4.01. The summed E-state index contributed by atoms with van der Waals surface area (Å²) >= 11 is 0. The molecule has 20 heavy (non-hydrogen) atoms. The Balaban J connectivity index is 1.86. The predicted octanol–water partition coefficient (Wildman–Crippen LogP) is -0.138. The topological polar surface area (TPSA) is 117 Å². The van der Waals surface area contributed by atoms with Gasteiger partial charge in [0, 0.05) is 30.4 Å². The van der Waals surface area contributed by atoms with Crippen LogP contribution in [-0.2, 0) is 19.2 Å². The lowest BCUT2D eigenvalue weighted by molar-refractivity contribution is -0.121. The average molecular weight is 299 g/mol. The van der Waals surface area contributed by atoms with Crippen molar-refractivity contribution in [2.45, 2.75) is 25.0 Å². The molecule has 1 aliphatic heterocycles. The Hall–Kier alpha value is -1.52. The van der Waals surface area contributed by atoms with E-state index in [2.05, 4.69) is 9.17 Å². The van der Waals surface area contributed by atoms with E-state index in [4.69, 9.17) is 9.88 Å². The monoisotopic (exact) mass is 299 g/mol. The number of hydrogen-bond donors (Lipinski definition) is 2. The third-order valence-electron chi connectivity index (χ3n) is 3.11. The first kappa shape index (κ1) is 13.5. The van der Waals surface area contributed by atoms with Crippen molar-refractivity contribution in [1.29, 1.82) is 0 Å². The van der Waals surface area contributed by atoms with Gasteiger partial charge in [0.2, 0.25) is 6.29 Å². The number of pyridine rings is 1. The smallest absolute Gasteiger partial charge is 0.335 e. The first-order valence-corrected chi connectivity index (χ1v) is 7.36. The molecular formula is C11H13N3O5S. The largest absolute Gasteiger partial charge is 0.388 e. The summed E-state index contributed by atoms with van der Waals surface area (Å²) < 4.78 is 33.5. The molecule has 3 N–H and O–H groups in total. The Morgan fingerprint density at radius 2 is 2.30 bits per heavy atom. The van der Waals surface area contributed by atoms with Crippen molar-refractivity contribution in [2.75, 3.05) is 0 Å². The van der Waals surface area contributed by atoms with Crippen LogP contribution in [0.4, 0.5) is 0 Å². The number of aliphatic hydroxyl groups is 1. The highest BCUT2D eigenvalue weighted by Gasteiger charge is 2.38. The number of aliphatic hydroxyl groups excluding tert-OH is 1. The van der Waals surface area contributed by atoms with Gasteiger partial charge in [-0.05, 0) is 12.1 Å². The second-order valence-electron chi connectivity index (χ2n) is 4.51. The zero-order valence-electron chi connectivity index (χ0n) is 10.3. The second-order valence-corrected chi connectivity index (χ2v) is 5.69. The number of nitrogens with two attached hydrogens (primary N) is 1. The van der Waals surface area contributed by atoms with Crippen molar-refractivity contribution < 1.29 is 22.4 Å². The zero-order chi connectivity index (χ0) is 14.3. The lowest BCUT2D eigenvalue weighted by Crippen LogP contribution is -2.30. The molecule has 3 heterocycles. The number of ether oxygens (including phenoxy) is 1. The Morgan fingerprint density at radius 1 is 1.50 bits per heavy atom. The summed E-state index contributed by atoms with van der Waals surface area (Å²) in [5.41, 5.74) is 0.869. The quantitative estimate of drug-likeness (QED) is 0.815. The summed E-state index contributed by atoms with van der Waals surface area (Å²) in [6, 6.07) is 3.66. The van der Waals surface area contributed by atoms with Crippen molar-refractivity contribution in [3.05, 3.63) is 30.7 Å². The van der Waals surface area contributed by atoms with E-state index in [-0.39, 0.29) is 6.42 Å². The second kappa shape index (κ2) is 4.79. The Morgan fingerprint density at radius 3 is 3.05 bits per heavy atom. The fraction of sp³-hybridized carbons (Fsp3) is 0.364. The average Bonchev–Trinajstić information content (AvgIpc) is 2.92. The van der Waals surface area contributed by atoms with Gasteiger partial charge in [-0.3, -0.25) is 4.98 Å². The van der Waals surface area contributed by atoms with Gasteiger partial charge in [0.1, 0.15) is 12.3 Å². The van der Waals surface area contributed by atoms with Gasteiger partial charge in [-0.2, -0.15) is 8.42 Å². The highest BCUT2D eigenvalue weighted by Crippen LogP contribution is 2.32. The predicted molar refractivity (Wildman–Crippen MR) is 68.5 cm³/mol. The van der Waals surface area contributed by atoms with Gasteiger partial charge in [-0.15, -0.1) is 0 Å². The molecule has 0 bridgehead atoms. The van der Waals surface area contributed by atoms with Crippen LogP contribution >= 0.6 is 0 Å². The van der Waals surface area contributed by atoms with E-state index in [1.165, 1.54) is 0 Å². The highest BCUT2D eigenvalue weighted by molar-refractivity contribution is 7.84. The molecule has 3 rings (SSSR count). The minimum Gasteiger partial charge on any atom is -0.388 e. The van der Waals surface area contributed by atoms with Gasteiger partial charge in [-0.25, -0.2) is 9.32 Å². The van der Waals surface area contributed by atoms with Crippen LogP contribution in [0.2, 0.25) is 0 Å². The van der Waals surface area contributed by atoms with Crippen molar-refractivity contribution in [3.63, 3.8) is 0 Å². The van der Waals surface area contributed by atoms with Gasteiger partial charge in [-0.1, -0.05) is 0 Å². The molecular weight excluding hydrogens is 286 g/mol. The fourth-order valence-electron chi connectivity index (χ4n) is 2.27. The van der Waals surface area contributed by atoms with Crippen molar-refractivity contribution in [1.82, 2.24) is 9.55 Å². The number of hydrogen-bond acceptors (Lipinski definition) is 6. The Labute approximate surface area is 115 Å². The van der Waals surface area contributed by atoms with E-state index < -0.39 is 28.9 Å². The van der Waals surface area contributed by atoms with Crippen LogP contribution < -0.4 is 5.14 Å². The normalized spacial score (nSPS) is 27.2. The molecule has 0 radical (unpaired) electrons. The van der Waals surface area contributed by atoms with E-state index in [0.717, 1.165) is 10.9 Å². The number of nitrogens with zero attached hydrogens (tertiary/aromatic N) is 2.